The van der Waals surface area contributed by atoms with Crippen LogP contribution < -0.4 is 0 Å². The van der Waals surface area contributed by atoms with Gasteiger partial charge in [0.15, 0.2) is 0 Å². The maximum Gasteiger partial charge on any atom is 0.338 e. The molecule has 2 aromatic carbocycles. The summed E-state index contributed by atoms with van der Waals surface area (Å²) in [5, 5.41) is 3.36. The number of benzene rings is 2. The zero-order valence-electron chi connectivity index (χ0n) is 12.1. The number of fused-ring (bicyclic) bond motifs is 1. The first kappa shape index (κ1) is 13.8. The van der Waals surface area contributed by atoms with Crippen molar-refractivity contribution >= 4 is 27.4 Å². The van der Waals surface area contributed by atoms with Crippen LogP contribution in [0.3, 0.4) is 0 Å². The third kappa shape index (κ3) is 2.45. The summed E-state index contributed by atoms with van der Waals surface area (Å²) in [5.74, 6) is -0.261. The zero-order chi connectivity index (χ0) is 14.8. The lowest BCUT2D eigenvalue weighted by Crippen LogP contribution is -2.05. The van der Waals surface area contributed by atoms with E-state index in [-0.39, 0.29) is 5.97 Å². The van der Waals surface area contributed by atoms with Gasteiger partial charge in [-0.15, -0.1) is 11.3 Å². The average molecular weight is 296 g/mol. The van der Waals surface area contributed by atoms with E-state index in [1.54, 1.807) is 11.3 Å². The number of hydrogen-bond acceptors (Lipinski definition) is 3. The van der Waals surface area contributed by atoms with Crippen molar-refractivity contribution in [1.82, 2.24) is 0 Å². The Labute approximate surface area is 128 Å². The maximum atomic E-state index is 11.9. The molecule has 0 saturated heterocycles. The summed E-state index contributed by atoms with van der Waals surface area (Å²) in [4.78, 5) is 11.9. The molecule has 0 fully saturated rings. The Hall–Kier alpha value is -2.13. The van der Waals surface area contributed by atoms with Crippen LogP contribution in [0.5, 0.6) is 0 Å². The first-order valence-corrected chi connectivity index (χ1v) is 7.80. The molecule has 0 radical (unpaired) electrons. The van der Waals surface area contributed by atoms with E-state index in [0.29, 0.717) is 5.56 Å². The van der Waals surface area contributed by atoms with Crippen molar-refractivity contribution in [2.24, 2.45) is 0 Å². The maximum absolute atomic E-state index is 11.9. The summed E-state index contributed by atoms with van der Waals surface area (Å²) >= 11 is 1.66. The van der Waals surface area contributed by atoms with Crippen molar-refractivity contribution in [3.63, 3.8) is 0 Å². The Bertz CT molecular complexity index is 788. The molecule has 0 aliphatic carbocycles. The molecule has 1 heterocycles. The van der Waals surface area contributed by atoms with E-state index in [1.807, 2.05) is 24.3 Å². The van der Waals surface area contributed by atoms with E-state index in [2.05, 4.69) is 30.5 Å². The SMILES string of the molecule is CCc1cc2c(-c3ccccc3)csc2cc1C(=O)OC. The molecule has 0 unspecified atom stereocenters. The van der Waals surface area contributed by atoms with Crippen LogP contribution >= 0.6 is 11.3 Å². The lowest BCUT2D eigenvalue weighted by Gasteiger charge is -2.07. The van der Waals surface area contributed by atoms with Gasteiger partial charge in [0.25, 0.3) is 0 Å². The molecule has 0 bridgehead atoms. The molecule has 0 spiro atoms. The second-order valence-electron chi connectivity index (χ2n) is 4.87. The fraction of sp³-hybridized carbons (Fsp3) is 0.167. The van der Waals surface area contributed by atoms with Crippen LogP contribution in [0.4, 0.5) is 0 Å². The highest BCUT2D eigenvalue weighted by Gasteiger charge is 2.15. The molecule has 106 valence electrons. The van der Waals surface area contributed by atoms with Crippen molar-refractivity contribution in [2.45, 2.75) is 13.3 Å². The fourth-order valence-electron chi connectivity index (χ4n) is 2.55. The molecule has 2 nitrogen and oxygen atoms in total. The number of rotatable bonds is 3. The highest BCUT2D eigenvalue weighted by Crippen LogP contribution is 2.36. The first-order valence-electron chi connectivity index (χ1n) is 6.92. The predicted octanol–water partition coefficient (Wildman–Crippen LogP) is 4.92. The van der Waals surface area contributed by atoms with Gasteiger partial charge in [-0.05, 0) is 35.1 Å². The minimum atomic E-state index is -0.261. The van der Waals surface area contributed by atoms with Gasteiger partial charge in [0.1, 0.15) is 0 Å². The first-order chi connectivity index (χ1) is 10.2. The van der Waals surface area contributed by atoms with Crippen LogP contribution in [0.2, 0.25) is 0 Å². The molecule has 0 aliphatic heterocycles. The summed E-state index contributed by atoms with van der Waals surface area (Å²) in [6.07, 6.45) is 0.810. The minimum absolute atomic E-state index is 0.261. The number of carbonyl (C=O) groups is 1. The molecule has 0 aliphatic rings. The highest BCUT2D eigenvalue weighted by atomic mass is 32.1. The van der Waals surface area contributed by atoms with Crippen LogP contribution in [-0.2, 0) is 11.2 Å². The van der Waals surface area contributed by atoms with Gasteiger partial charge < -0.3 is 4.74 Å². The van der Waals surface area contributed by atoms with Gasteiger partial charge in [0.2, 0.25) is 0 Å². The van der Waals surface area contributed by atoms with Crippen molar-refractivity contribution in [3.8, 4) is 11.1 Å². The Morgan fingerprint density at radius 1 is 1.19 bits per heavy atom. The summed E-state index contributed by atoms with van der Waals surface area (Å²) in [5.41, 5.74) is 4.14. The van der Waals surface area contributed by atoms with Gasteiger partial charge >= 0.3 is 5.97 Å². The topological polar surface area (TPSA) is 26.3 Å². The Morgan fingerprint density at radius 3 is 2.62 bits per heavy atom. The van der Waals surface area contributed by atoms with E-state index in [9.17, 15) is 4.79 Å². The standard InChI is InChI=1S/C18H16O2S/c1-3-12-9-15-16(13-7-5-4-6-8-13)11-21-17(15)10-14(12)18(19)20-2/h4-11H,3H2,1-2H3. The van der Waals surface area contributed by atoms with Crippen molar-refractivity contribution in [2.75, 3.05) is 7.11 Å². The molecule has 3 rings (SSSR count). The number of methoxy groups -OCH3 is 1. The largest absolute Gasteiger partial charge is 0.465 e. The molecule has 0 saturated carbocycles. The normalized spacial score (nSPS) is 10.8. The molecular formula is C18H16O2S. The molecule has 0 amide bonds. The van der Waals surface area contributed by atoms with Crippen LogP contribution in [0.1, 0.15) is 22.8 Å². The Balaban J connectivity index is 2.21. The molecule has 3 aromatic rings. The van der Waals surface area contributed by atoms with Crippen LogP contribution in [-0.4, -0.2) is 13.1 Å². The van der Waals surface area contributed by atoms with Crippen LogP contribution in [0.15, 0.2) is 47.8 Å². The van der Waals surface area contributed by atoms with E-state index in [0.717, 1.165) is 16.7 Å². The number of aryl methyl sites for hydroxylation is 1. The number of hydrogen-bond donors (Lipinski definition) is 0. The van der Waals surface area contributed by atoms with Gasteiger partial charge in [-0.3, -0.25) is 0 Å². The highest BCUT2D eigenvalue weighted by molar-refractivity contribution is 7.17. The number of thiophene rings is 1. The quantitative estimate of drug-likeness (QED) is 0.641. The summed E-state index contributed by atoms with van der Waals surface area (Å²) in [6, 6.07) is 14.4. The fourth-order valence-corrected chi connectivity index (χ4v) is 3.54. The second-order valence-corrected chi connectivity index (χ2v) is 5.78. The number of carbonyl (C=O) groups excluding carboxylic acids is 1. The molecule has 0 atom stereocenters. The predicted molar refractivity (Wildman–Crippen MR) is 88.0 cm³/mol. The number of ether oxygens (including phenoxy) is 1. The van der Waals surface area contributed by atoms with Crippen molar-refractivity contribution in [1.29, 1.82) is 0 Å². The summed E-state index contributed by atoms with van der Waals surface area (Å²) in [6.45, 7) is 2.06. The summed E-state index contributed by atoms with van der Waals surface area (Å²) < 4.78 is 6.00. The number of esters is 1. The smallest absolute Gasteiger partial charge is 0.338 e. The third-order valence-electron chi connectivity index (χ3n) is 3.67. The third-order valence-corrected chi connectivity index (χ3v) is 4.62. The van der Waals surface area contributed by atoms with Crippen molar-refractivity contribution in [3.05, 3.63) is 59.0 Å². The lowest BCUT2D eigenvalue weighted by atomic mass is 9.99. The summed E-state index contributed by atoms with van der Waals surface area (Å²) in [7, 11) is 1.43. The molecule has 3 heteroatoms. The Kier molecular flexibility index (Phi) is 3.76. The van der Waals surface area contributed by atoms with Crippen LogP contribution in [0, 0.1) is 0 Å². The van der Waals surface area contributed by atoms with E-state index < -0.39 is 0 Å². The van der Waals surface area contributed by atoms with Gasteiger partial charge in [-0.1, -0.05) is 37.3 Å². The van der Waals surface area contributed by atoms with Gasteiger partial charge in [0, 0.05) is 15.6 Å². The molecular weight excluding hydrogens is 280 g/mol. The van der Waals surface area contributed by atoms with E-state index >= 15 is 0 Å². The van der Waals surface area contributed by atoms with Gasteiger partial charge in [-0.25, -0.2) is 4.79 Å². The molecule has 1 aromatic heterocycles. The molecule has 21 heavy (non-hydrogen) atoms. The van der Waals surface area contributed by atoms with Gasteiger partial charge in [0.05, 0.1) is 12.7 Å². The monoisotopic (exact) mass is 296 g/mol. The molecule has 0 N–H and O–H groups in total. The minimum Gasteiger partial charge on any atom is -0.465 e. The van der Waals surface area contributed by atoms with E-state index in [1.165, 1.54) is 23.6 Å². The van der Waals surface area contributed by atoms with Gasteiger partial charge in [-0.2, -0.15) is 0 Å². The average Bonchev–Trinajstić information content (AvgIpc) is 2.96. The zero-order valence-corrected chi connectivity index (χ0v) is 12.9. The Morgan fingerprint density at radius 2 is 1.95 bits per heavy atom. The second kappa shape index (κ2) is 5.70. The van der Waals surface area contributed by atoms with Crippen molar-refractivity contribution < 1.29 is 9.53 Å². The van der Waals surface area contributed by atoms with E-state index in [4.69, 9.17) is 4.74 Å². The lowest BCUT2D eigenvalue weighted by molar-refractivity contribution is 0.0600. The van der Waals surface area contributed by atoms with Crippen LogP contribution in [0.25, 0.3) is 21.2 Å².